The molecule has 4 heteroatoms. The largest absolute Gasteiger partial charge is 0.312 e. The van der Waals surface area contributed by atoms with Crippen molar-refractivity contribution in [2.24, 2.45) is 7.05 Å². The van der Waals surface area contributed by atoms with E-state index in [1.54, 1.807) is 10.9 Å². The number of rotatable bonds is 1. The number of halogens is 1. The zero-order valence-corrected chi connectivity index (χ0v) is 13.1. The second kappa shape index (κ2) is 4.95. The Hall–Kier alpha value is -1.68. The minimum absolute atomic E-state index is 0.00978. The fourth-order valence-corrected chi connectivity index (χ4v) is 3.14. The van der Waals surface area contributed by atoms with E-state index in [4.69, 9.17) is 0 Å². The average molecular weight is 287 g/mol. The number of benzene rings is 1. The molecule has 0 saturated heterocycles. The second-order valence-corrected chi connectivity index (χ2v) is 6.76. The van der Waals surface area contributed by atoms with E-state index in [2.05, 4.69) is 31.2 Å². The Morgan fingerprint density at radius 3 is 2.67 bits per heavy atom. The zero-order valence-electron chi connectivity index (χ0n) is 13.1. The Labute approximate surface area is 125 Å². The third-order valence-corrected chi connectivity index (χ3v) is 4.24. The van der Waals surface area contributed by atoms with Crippen LogP contribution < -0.4 is 5.32 Å². The summed E-state index contributed by atoms with van der Waals surface area (Å²) in [6, 6.07) is 3.89. The van der Waals surface area contributed by atoms with Crippen molar-refractivity contribution < 1.29 is 4.39 Å². The number of nitrogens with one attached hydrogen (secondary N) is 1. The molecule has 0 bridgehead atoms. The average Bonchev–Trinajstić information content (AvgIpc) is 2.84. The summed E-state index contributed by atoms with van der Waals surface area (Å²) in [6.07, 6.45) is 2.46. The highest BCUT2D eigenvalue weighted by atomic mass is 19.1. The highest BCUT2D eigenvalue weighted by molar-refractivity contribution is 5.65. The molecule has 1 aliphatic heterocycles. The number of nitrogens with zero attached hydrogens (tertiary/aromatic N) is 2. The van der Waals surface area contributed by atoms with Gasteiger partial charge in [-0.3, -0.25) is 4.68 Å². The fourth-order valence-electron chi connectivity index (χ4n) is 3.14. The molecule has 0 radical (unpaired) electrons. The van der Waals surface area contributed by atoms with Gasteiger partial charge in [0, 0.05) is 25.4 Å². The highest BCUT2D eigenvalue weighted by Crippen LogP contribution is 2.36. The molecule has 1 aromatic heterocycles. The van der Waals surface area contributed by atoms with Crippen LogP contribution in [-0.2, 0) is 25.4 Å². The summed E-state index contributed by atoms with van der Waals surface area (Å²) in [6.45, 7) is 8.14. The normalized spacial score (nSPS) is 15.1. The Morgan fingerprint density at radius 2 is 2.05 bits per heavy atom. The van der Waals surface area contributed by atoms with Gasteiger partial charge in [-0.2, -0.15) is 5.10 Å². The van der Waals surface area contributed by atoms with Crippen molar-refractivity contribution in [2.45, 2.75) is 39.2 Å². The van der Waals surface area contributed by atoms with Gasteiger partial charge >= 0.3 is 0 Å². The van der Waals surface area contributed by atoms with Crippen LogP contribution in [0.3, 0.4) is 0 Å². The van der Waals surface area contributed by atoms with Crippen molar-refractivity contribution in [3.63, 3.8) is 0 Å². The van der Waals surface area contributed by atoms with Gasteiger partial charge in [-0.1, -0.05) is 20.8 Å². The van der Waals surface area contributed by atoms with Crippen LogP contribution >= 0.6 is 0 Å². The lowest BCUT2D eigenvalue weighted by Gasteiger charge is -2.29. The molecular formula is C17H22FN3. The van der Waals surface area contributed by atoms with E-state index in [1.807, 2.05) is 19.2 Å². The highest BCUT2D eigenvalue weighted by Gasteiger charge is 2.27. The van der Waals surface area contributed by atoms with Crippen LogP contribution in [0.2, 0.25) is 0 Å². The predicted molar refractivity (Wildman–Crippen MR) is 82.7 cm³/mol. The van der Waals surface area contributed by atoms with Gasteiger partial charge in [-0.25, -0.2) is 4.39 Å². The first-order valence-electron chi connectivity index (χ1n) is 7.43. The van der Waals surface area contributed by atoms with Crippen LogP contribution in [0.15, 0.2) is 18.3 Å². The standard InChI is InChI=1S/C17H22FN3/c1-17(2,3)14-9-12(15-6-8-20-21(15)4)16(18)11-5-7-19-10-13(11)14/h6,8-9,19H,5,7,10H2,1-4H3. The van der Waals surface area contributed by atoms with Crippen molar-refractivity contribution in [3.8, 4) is 11.3 Å². The molecule has 0 fully saturated rings. The van der Waals surface area contributed by atoms with Crippen LogP contribution in [0.4, 0.5) is 4.39 Å². The first-order valence-corrected chi connectivity index (χ1v) is 7.43. The lowest BCUT2D eigenvalue weighted by Crippen LogP contribution is -2.29. The van der Waals surface area contributed by atoms with Gasteiger partial charge in [-0.15, -0.1) is 0 Å². The quantitative estimate of drug-likeness (QED) is 0.873. The summed E-state index contributed by atoms with van der Waals surface area (Å²) in [5, 5.41) is 7.54. The maximum Gasteiger partial charge on any atom is 0.136 e. The summed E-state index contributed by atoms with van der Waals surface area (Å²) in [7, 11) is 1.85. The molecule has 1 aromatic carbocycles. The summed E-state index contributed by atoms with van der Waals surface area (Å²) in [5.41, 5.74) is 4.72. The van der Waals surface area contributed by atoms with Gasteiger partial charge < -0.3 is 5.32 Å². The van der Waals surface area contributed by atoms with E-state index in [9.17, 15) is 4.39 Å². The number of hydrogen-bond acceptors (Lipinski definition) is 2. The van der Waals surface area contributed by atoms with E-state index < -0.39 is 0 Å². The maximum atomic E-state index is 15.0. The molecule has 21 heavy (non-hydrogen) atoms. The van der Waals surface area contributed by atoms with Gasteiger partial charge in [0.1, 0.15) is 5.82 Å². The van der Waals surface area contributed by atoms with Crippen LogP contribution in [0.25, 0.3) is 11.3 Å². The lowest BCUT2D eigenvalue weighted by atomic mass is 9.79. The monoisotopic (exact) mass is 287 g/mol. The van der Waals surface area contributed by atoms with Crippen molar-refractivity contribution in [1.29, 1.82) is 0 Å². The molecule has 3 nitrogen and oxygen atoms in total. The fraction of sp³-hybridized carbons (Fsp3) is 0.471. The van der Waals surface area contributed by atoms with Crippen molar-refractivity contribution in [1.82, 2.24) is 15.1 Å². The summed E-state index contributed by atoms with van der Waals surface area (Å²) in [5.74, 6) is -0.0805. The number of hydrogen-bond donors (Lipinski definition) is 1. The smallest absolute Gasteiger partial charge is 0.136 e. The van der Waals surface area contributed by atoms with Crippen molar-refractivity contribution in [3.05, 3.63) is 40.8 Å². The molecule has 112 valence electrons. The molecule has 1 aliphatic rings. The molecule has 0 aliphatic carbocycles. The molecule has 3 rings (SSSR count). The van der Waals surface area contributed by atoms with Gasteiger partial charge in [0.2, 0.25) is 0 Å². The third-order valence-electron chi connectivity index (χ3n) is 4.24. The topological polar surface area (TPSA) is 29.9 Å². The molecule has 0 amide bonds. The lowest BCUT2D eigenvalue weighted by molar-refractivity contribution is 0.535. The van der Waals surface area contributed by atoms with Gasteiger partial charge in [-0.05, 0) is 47.2 Å². The SMILES string of the molecule is Cn1nccc1-c1cc(C(C)(C)C)c2c(c1F)CCNC2. The minimum Gasteiger partial charge on any atom is -0.312 e. The summed E-state index contributed by atoms with van der Waals surface area (Å²) >= 11 is 0. The van der Waals surface area contributed by atoms with Crippen LogP contribution in [-0.4, -0.2) is 16.3 Å². The first kappa shape index (κ1) is 14.3. The van der Waals surface area contributed by atoms with E-state index >= 15 is 0 Å². The molecule has 0 saturated carbocycles. The van der Waals surface area contributed by atoms with Crippen LogP contribution in [0.1, 0.15) is 37.5 Å². The van der Waals surface area contributed by atoms with Gasteiger partial charge in [0.25, 0.3) is 0 Å². The Balaban J connectivity index is 2.30. The Bertz CT molecular complexity index is 680. The van der Waals surface area contributed by atoms with E-state index in [1.165, 1.54) is 5.56 Å². The zero-order chi connectivity index (χ0) is 15.2. The van der Waals surface area contributed by atoms with Gasteiger partial charge in [0.15, 0.2) is 0 Å². The van der Waals surface area contributed by atoms with Gasteiger partial charge in [0.05, 0.1) is 5.69 Å². The molecule has 2 heterocycles. The third kappa shape index (κ3) is 2.38. The van der Waals surface area contributed by atoms with Crippen LogP contribution in [0, 0.1) is 5.82 Å². The maximum absolute atomic E-state index is 15.0. The number of fused-ring (bicyclic) bond motifs is 1. The van der Waals surface area contributed by atoms with Crippen molar-refractivity contribution >= 4 is 0 Å². The predicted octanol–water partition coefficient (Wildman–Crippen LogP) is 3.17. The van der Waals surface area contributed by atoms with Crippen molar-refractivity contribution in [2.75, 3.05) is 6.54 Å². The Morgan fingerprint density at radius 1 is 1.29 bits per heavy atom. The molecule has 1 N–H and O–H groups in total. The Kier molecular flexibility index (Phi) is 3.36. The van der Waals surface area contributed by atoms with E-state index in [-0.39, 0.29) is 11.2 Å². The van der Waals surface area contributed by atoms with E-state index in [0.717, 1.165) is 36.3 Å². The minimum atomic E-state index is -0.0805. The molecule has 0 atom stereocenters. The first-order chi connectivity index (χ1) is 9.89. The van der Waals surface area contributed by atoms with E-state index in [0.29, 0.717) is 5.56 Å². The molecular weight excluding hydrogens is 265 g/mol. The number of aromatic nitrogens is 2. The summed E-state index contributed by atoms with van der Waals surface area (Å²) < 4.78 is 16.7. The molecule has 0 spiro atoms. The van der Waals surface area contributed by atoms with Crippen LogP contribution in [0.5, 0.6) is 0 Å². The number of aryl methyl sites for hydroxylation is 1. The second-order valence-electron chi connectivity index (χ2n) is 6.76. The molecule has 2 aromatic rings. The molecule has 0 unspecified atom stereocenters. The summed E-state index contributed by atoms with van der Waals surface area (Å²) in [4.78, 5) is 0.